The van der Waals surface area contributed by atoms with Crippen LogP contribution in [0, 0.1) is 17.3 Å². The van der Waals surface area contributed by atoms with Crippen LogP contribution in [-0.4, -0.2) is 54.9 Å². The van der Waals surface area contributed by atoms with Gasteiger partial charge in [-0.05, 0) is 74.3 Å². The SMILES string of the molecule is O=C(C1CCc2c(sc3ncnc(Cl)c23)C1)N1CCC2(CC2)C1.O=C(O)C1CCc2c(sc3ncnc(Cl)c23)C1. The molecule has 40 heavy (non-hydrogen) atoms. The Morgan fingerprint density at radius 2 is 1.40 bits per heavy atom. The zero-order chi connectivity index (χ0) is 27.6. The molecule has 12 heteroatoms. The second-order valence-electron chi connectivity index (χ2n) is 11.4. The van der Waals surface area contributed by atoms with E-state index in [1.54, 1.807) is 11.3 Å². The van der Waals surface area contributed by atoms with Crippen LogP contribution in [0.2, 0.25) is 10.3 Å². The monoisotopic (exact) mass is 615 g/mol. The minimum atomic E-state index is -0.717. The number of likely N-dealkylation sites (tertiary alicyclic amines) is 1. The molecule has 2 atom stereocenters. The highest BCUT2D eigenvalue weighted by Crippen LogP contribution is 2.53. The molecule has 0 aromatic carbocycles. The fourth-order valence-corrected chi connectivity index (χ4v) is 9.67. The summed E-state index contributed by atoms with van der Waals surface area (Å²) < 4.78 is 0. The van der Waals surface area contributed by atoms with Crippen LogP contribution >= 0.6 is 45.9 Å². The van der Waals surface area contributed by atoms with Crippen LogP contribution in [0.15, 0.2) is 12.7 Å². The van der Waals surface area contributed by atoms with E-state index in [9.17, 15) is 9.59 Å². The lowest BCUT2D eigenvalue weighted by Gasteiger charge is -2.26. The second-order valence-corrected chi connectivity index (χ2v) is 14.3. The van der Waals surface area contributed by atoms with Gasteiger partial charge in [0, 0.05) is 28.8 Å². The third-order valence-electron chi connectivity index (χ3n) is 9.00. The van der Waals surface area contributed by atoms with Crippen molar-refractivity contribution in [3.05, 3.63) is 43.8 Å². The fourth-order valence-electron chi connectivity index (χ4n) is 6.53. The number of thiophene rings is 2. The maximum absolute atomic E-state index is 12.9. The van der Waals surface area contributed by atoms with Gasteiger partial charge in [0.2, 0.25) is 5.91 Å². The largest absolute Gasteiger partial charge is 0.481 e. The molecule has 1 N–H and O–H groups in total. The number of carbonyl (C=O) groups excluding carboxylic acids is 1. The van der Waals surface area contributed by atoms with Gasteiger partial charge >= 0.3 is 5.97 Å². The molecule has 1 saturated carbocycles. The molecule has 4 aromatic heterocycles. The number of halogens is 2. The van der Waals surface area contributed by atoms with E-state index in [0.717, 1.165) is 69.6 Å². The molecule has 0 radical (unpaired) electrons. The minimum Gasteiger partial charge on any atom is -0.481 e. The predicted octanol–water partition coefficient (Wildman–Crippen LogP) is 6.00. The Bertz CT molecular complexity index is 1670. The van der Waals surface area contributed by atoms with E-state index in [0.29, 0.717) is 34.5 Å². The van der Waals surface area contributed by atoms with E-state index in [1.165, 1.54) is 53.7 Å². The van der Waals surface area contributed by atoms with Crippen LogP contribution in [0.5, 0.6) is 0 Å². The van der Waals surface area contributed by atoms with E-state index < -0.39 is 5.97 Å². The van der Waals surface area contributed by atoms with Crippen molar-refractivity contribution >= 4 is 78.2 Å². The Labute approximate surface area is 248 Å². The number of carbonyl (C=O) groups is 2. The average Bonchev–Trinajstić information content (AvgIpc) is 3.25. The summed E-state index contributed by atoms with van der Waals surface area (Å²) in [6, 6.07) is 0. The third kappa shape index (κ3) is 4.66. The normalized spacial score (nSPS) is 22.6. The number of rotatable bonds is 2. The molecule has 5 heterocycles. The topological polar surface area (TPSA) is 109 Å². The first kappa shape index (κ1) is 26.5. The Balaban J connectivity index is 0.000000139. The maximum atomic E-state index is 12.9. The van der Waals surface area contributed by atoms with Crippen LogP contribution in [0.3, 0.4) is 0 Å². The van der Waals surface area contributed by atoms with Crippen molar-refractivity contribution in [2.24, 2.45) is 17.3 Å². The Morgan fingerprint density at radius 1 is 0.850 bits per heavy atom. The number of hydrogen-bond acceptors (Lipinski definition) is 8. The summed E-state index contributed by atoms with van der Waals surface area (Å²) in [7, 11) is 0. The number of hydrogen-bond donors (Lipinski definition) is 1. The standard InChI is InChI=1S/C17H18ClN3OS.C11H9ClN2O2S/c18-14-13-11-2-1-10(7-12(11)23-15(13)20-9-19-14)16(22)21-6-5-17(8-21)3-4-17;12-9-8-6-2-1-5(11(15)16)3-7(6)17-10(8)14-4-13-9/h9-10H,1-8H2;4-5H,1-3H2,(H,15,16). The number of aliphatic carboxylic acids is 1. The van der Waals surface area contributed by atoms with Crippen molar-refractivity contribution in [3.8, 4) is 0 Å². The first-order valence-electron chi connectivity index (χ1n) is 13.6. The van der Waals surface area contributed by atoms with Crippen molar-refractivity contribution in [1.82, 2.24) is 24.8 Å². The minimum absolute atomic E-state index is 0.135. The van der Waals surface area contributed by atoms with Gasteiger partial charge in [-0.25, -0.2) is 19.9 Å². The quantitative estimate of drug-likeness (QED) is 0.276. The highest BCUT2D eigenvalue weighted by molar-refractivity contribution is 7.19. The number of aryl methyl sites for hydroxylation is 2. The summed E-state index contributed by atoms with van der Waals surface area (Å²) in [5.74, 6) is -0.488. The van der Waals surface area contributed by atoms with Gasteiger partial charge in [-0.3, -0.25) is 9.59 Å². The molecule has 0 bridgehead atoms. The Kier molecular flexibility index (Phi) is 6.72. The van der Waals surface area contributed by atoms with Crippen LogP contribution in [0.25, 0.3) is 20.4 Å². The Hall–Kier alpha value is -2.40. The summed E-state index contributed by atoms with van der Waals surface area (Å²) in [5, 5.41) is 12.0. The lowest BCUT2D eigenvalue weighted by atomic mass is 9.87. The lowest BCUT2D eigenvalue weighted by Crippen LogP contribution is -2.36. The third-order valence-corrected chi connectivity index (χ3v) is 11.9. The predicted molar refractivity (Wildman–Crippen MR) is 156 cm³/mol. The smallest absolute Gasteiger partial charge is 0.306 e. The molecule has 1 spiro atoms. The summed E-state index contributed by atoms with van der Waals surface area (Å²) in [6.45, 7) is 1.96. The van der Waals surface area contributed by atoms with Crippen molar-refractivity contribution in [2.45, 2.75) is 57.8 Å². The van der Waals surface area contributed by atoms with E-state index in [4.69, 9.17) is 28.3 Å². The van der Waals surface area contributed by atoms with E-state index in [1.807, 2.05) is 0 Å². The van der Waals surface area contributed by atoms with Crippen LogP contribution in [-0.2, 0) is 35.3 Å². The maximum Gasteiger partial charge on any atom is 0.306 e. The first-order chi connectivity index (χ1) is 19.3. The summed E-state index contributed by atoms with van der Waals surface area (Å²) in [5.41, 5.74) is 2.93. The molecular formula is C28H27Cl2N5O3S2. The molecule has 3 aliphatic carbocycles. The van der Waals surface area contributed by atoms with Gasteiger partial charge in [0.25, 0.3) is 0 Å². The van der Waals surface area contributed by atoms with Crippen LogP contribution < -0.4 is 0 Å². The van der Waals surface area contributed by atoms with Crippen LogP contribution in [0.4, 0.5) is 0 Å². The van der Waals surface area contributed by atoms with Crippen molar-refractivity contribution in [1.29, 1.82) is 0 Å². The zero-order valence-corrected chi connectivity index (χ0v) is 24.8. The summed E-state index contributed by atoms with van der Waals surface area (Å²) >= 11 is 15.5. The number of amides is 1. The number of nitrogens with zero attached hydrogens (tertiary/aromatic N) is 5. The first-order valence-corrected chi connectivity index (χ1v) is 16.0. The molecule has 4 aromatic rings. The van der Waals surface area contributed by atoms with Crippen molar-refractivity contribution in [3.63, 3.8) is 0 Å². The van der Waals surface area contributed by atoms with Crippen molar-refractivity contribution < 1.29 is 14.7 Å². The van der Waals surface area contributed by atoms with Gasteiger partial charge in [0.1, 0.15) is 32.6 Å². The summed E-state index contributed by atoms with van der Waals surface area (Å²) in [4.78, 5) is 46.9. The molecule has 2 fully saturated rings. The van der Waals surface area contributed by atoms with E-state index in [2.05, 4.69) is 24.8 Å². The number of carboxylic acid groups (broad SMARTS) is 1. The molecule has 1 saturated heterocycles. The molecular weight excluding hydrogens is 589 g/mol. The molecule has 1 aliphatic heterocycles. The number of aromatic nitrogens is 4. The van der Waals surface area contributed by atoms with Crippen molar-refractivity contribution in [2.75, 3.05) is 13.1 Å². The fraction of sp³-hybridized carbons (Fsp3) is 0.500. The lowest BCUT2D eigenvalue weighted by molar-refractivity contribution is -0.142. The molecule has 8 nitrogen and oxygen atoms in total. The van der Waals surface area contributed by atoms with Gasteiger partial charge in [-0.1, -0.05) is 23.2 Å². The molecule has 2 unspecified atom stereocenters. The van der Waals surface area contributed by atoms with Crippen LogP contribution in [0.1, 0.15) is 53.0 Å². The van der Waals surface area contributed by atoms with Gasteiger partial charge in [0.05, 0.1) is 16.7 Å². The van der Waals surface area contributed by atoms with Gasteiger partial charge < -0.3 is 10.0 Å². The second kappa shape index (κ2) is 10.2. The highest BCUT2D eigenvalue weighted by atomic mass is 35.5. The molecule has 8 rings (SSSR count). The van der Waals surface area contributed by atoms with Gasteiger partial charge in [0.15, 0.2) is 0 Å². The number of fused-ring (bicyclic) bond motifs is 6. The highest BCUT2D eigenvalue weighted by Gasteiger charge is 2.49. The van der Waals surface area contributed by atoms with Gasteiger partial charge in [-0.15, -0.1) is 22.7 Å². The zero-order valence-electron chi connectivity index (χ0n) is 21.7. The summed E-state index contributed by atoms with van der Waals surface area (Å²) in [6.07, 6.45) is 11.5. The molecule has 208 valence electrons. The van der Waals surface area contributed by atoms with E-state index in [-0.39, 0.29) is 11.8 Å². The van der Waals surface area contributed by atoms with E-state index >= 15 is 0 Å². The Morgan fingerprint density at radius 3 is 1.93 bits per heavy atom. The van der Waals surface area contributed by atoms with Gasteiger partial charge in [-0.2, -0.15) is 0 Å². The number of carboxylic acids is 1. The molecule has 1 amide bonds. The average molecular weight is 617 g/mol. The molecule has 4 aliphatic rings.